The molecule has 0 saturated heterocycles. The molecule has 0 saturated carbocycles. The van der Waals surface area contributed by atoms with Crippen molar-refractivity contribution in [3.63, 3.8) is 0 Å². The van der Waals surface area contributed by atoms with E-state index in [9.17, 15) is 0 Å². The topological polar surface area (TPSA) is 124 Å². The Morgan fingerprint density at radius 1 is 1.43 bits per heavy atom. The molecule has 5 nitrogen and oxygen atoms in total. The Bertz CT molecular complexity index is 20.4. The van der Waals surface area contributed by atoms with E-state index in [1.807, 2.05) is 0 Å². The summed E-state index contributed by atoms with van der Waals surface area (Å²) < 4.78 is 8.35. The predicted octanol–water partition coefficient (Wildman–Crippen LogP) is -5.45. The van der Waals surface area contributed by atoms with Crippen molar-refractivity contribution in [2.75, 3.05) is 0 Å². The Kier molecular flexibility index (Phi) is 229. The van der Waals surface area contributed by atoms with Gasteiger partial charge < -0.3 is 10.4 Å². The number of hydrazine groups is 1. The third-order valence-electron chi connectivity index (χ3n) is 0. The van der Waals surface area contributed by atoms with Crippen LogP contribution in [0.5, 0.6) is 0 Å². The molecule has 0 radical (unpaired) electrons. The molecule has 0 amide bonds. The average Bonchev–Trinajstić information content (AvgIpc) is 1.46. The maximum absolute atomic E-state index is 8.35. The minimum absolute atomic E-state index is 0. The van der Waals surface area contributed by atoms with Crippen LogP contribution in [0.15, 0.2) is 0 Å². The number of nitrogens with two attached hydrogens (primary N) is 2. The maximum atomic E-state index is 8.35. The summed E-state index contributed by atoms with van der Waals surface area (Å²) in [5.74, 6) is 8.00. The van der Waals surface area contributed by atoms with Crippen molar-refractivity contribution in [3.8, 4) is 0 Å². The Morgan fingerprint density at radius 2 is 1.43 bits per heavy atom. The van der Waals surface area contributed by atoms with E-state index in [-0.39, 0.29) is 35.0 Å². The zero-order valence-electron chi connectivity index (χ0n) is 3.92. The van der Waals surface area contributed by atoms with Crippen molar-refractivity contribution < 1.29 is 44.5 Å². The fourth-order valence-electron chi connectivity index (χ4n) is 0. The first kappa shape index (κ1) is 24.6. The van der Waals surface area contributed by atoms with E-state index in [0.29, 0.717) is 0 Å². The molecular weight excluding hydrogens is 130 g/mol. The van der Waals surface area contributed by atoms with Crippen LogP contribution in [-0.4, -0.2) is 5.48 Å². The number of hydrogen-bond donors (Lipinski definition) is 2. The Morgan fingerprint density at radius 3 is 1.43 bits per heavy atom. The Labute approximate surface area is 64.9 Å². The quantitative estimate of drug-likeness (QED) is 0.149. The second kappa shape index (κ2) is 65.1. The summed E-state index contributed by atoms with van der Waals surface area (Å²) in [4.78, 5) is 8.35. The largest absolute Gasteiger partial charge is 1.00 e. The van der Waals surface area contributed by atoms with Gasteiger partial charge in [-0.05, 0) is 0 Å². The molecular formula is H6N2NaO3P. The van der Waals surface area contributed by atoms with Gasteiger partial charge in [-0.25, -0.2) is 0 Å². The molecule has 0 aliphatic rings. The molecule has 0 bridgehead atoms. The summed E-state index contributed by atoms with van der Waals surface area (Å²) in [5, 5.41) is 0. The third kappa shape index (κ3) is 192. The second-order valence-corrected chi connectivity index (χ2v) is 0.224. The molecule has 0 aromatic rings. The van der Waals surface area contributed by atoms with Crippen LogP contribution in [0.1, 0.15) is 0 Å². The molecule has 0 aliphatic carbocycles. The van der Waals surface area contributed by atoms with Gasteiger partial charge >= 0.3 is 29.6 Å². The minimum atomic E-state index is -1.08. The zero-order chi connectivity index (χ0) is 4.71. The smallest absolute Gasteiger partial charge is 0.772 e. The van der Waals surface area contributed by atoms with Gasteiger partial charge in [0.2, 0.25) is 0 Å². The molecule has 0 aromatic heterocycles. The molecule has 0 spiro atoms. The first-order chi connectivity index (χ1) is 2.41. The molecule has 7 heavy (non-hydrogen) atoms. The fourth-order valence-corrected chi connectivity index (χ4v) is 0. The monoisotopic (exact) mass is 136 g/mol. The van der Waals surface area contributed by atoms with Crippen LogP contribution in [0, 0.1) is 0 Å². The average molecular weight is 136 g/mol. The van der Waals surface area contributed by atoms with Crippen LogP contribution in [0.3, 0.4) is 0 Å². The van der Waals surface area contributed by atoms with Crippen molar-refractivity contribution in [1.82, 2.24) is 0 Å². The van der Waals surface area contributed by atoms with Crippen LogP contribution in [0.4, 0.5) is 0 Å². The molecule has 0 fully saturated rings. The molecule has 0 heterocycles. The van der Waals surface area contributed by atoms with E-state index >= 15 is 0 Å². The number of hydrogen-bond acceptors (Lipinski definition) is 4. The van der Waals surface area contributed by atoms with Crippen molar-refractivity contribution in [2.45, 2.75) is 0 Å². The van der Waals surface area contributed by atoms with Crippen LogP contribution < -0.4 is 46.1 Å². The van der Waals surface area contributed by atoms with E-state index in [2.05, 4.69) is 11.7 Å². The van der Waals surface area contributed by atoms with Crippen LogP contribution in [0.25, 0.3) is 0 Å². The normalized spacial score (nSPS) is 3.86. The van der Waals surface area contributed by atoms with Crippen molar-refractivity contribution in [1.29, 1.82) is 0 Å². The van der Waals surface area contributed by atoms with Gasteiger partial charge in [0, 0.05) is 0 Å². The van der Waals surface area contributed by atoms with Crippen molar-refractivity contribution in [2.24, 2.45) is 11.7 Å². The van der Waals surface area contributed by atoms with Gasteiger partial charge in [0.1, 0.15) is 0 Å². The SMILES string of the molecule is NN.O.O=P[O-].[Na+]. The van der Waals surface area contributed by atoms with Gasteiger partial charge in [0.05, 0.1) is 8.69 Å². The second-order valence-electron chi connectivity index (χ2n) is 0.0745. The predicted molar refractivity (Wildman–Crippen MR) is 19.6 cm³/mol. The van der Waals surface area contributed by atoms with Crippen molar-refractivity contribution >= 4 is 8.69 Å². The van der Waals surface area contributed by atoms with E-state index in [1.165, 1.54) is 0 Å². The van der Waals surface area contributed by atoms with Gasteiger partial charge in [0.25, 0.3) is 0 Å². The molecule has 0 aromatic carbocycles. The van der Waals surface area contributed by atoms with Crippen LogP contribution in [-0.2, 0) is 4.57 Å². The van der Waals surface area contributed by atoms with Crippen LogP contribution >= 0.6 is 8.69 Å². The van der Waals surface area contributed by atoms with E-state index < -0.39 is 8.69 Å². The summed E-state index contributed by atoms with van der Waals surface area (Å²) in [5.41, 5.74) is 0. The van der Waals surface area contributed by atoms with E-state index in [4.69, 9.17) is 9.46 Å². The summed E-state index contributed by atoms with van der Waals surface area (Å²) >= 11 is 0. The van der Waals surface area contributed by atoms with E-state index in [1.54, 1.807) is 0 Å². The molecule has 6 N–H and O–H groups in total. The van der Waals surface area contributed by atoms with E-state index in [0.717, 1.165) is 0 Å². The molecule has 0 rings (SSSR count). The minimum Gasteiger partial charge on any atom is -0.772 e. The first-order valence-corrected chi connectivity index (χ1v) is 1.43. The molecule has 0 unspecified atom stereocenters. The standard InChI is InChI=1S/H4N2.Na.HO2P.H2O/c1-2;;1-3-2;/h1-2H2;;(H,1,2);1H2/q;+1;;/p-1. The van der Waals surface area contributed by atoms with Crippen molar-refractivity contribution in [3.05, 3.63) is 0 Å². The summed E-state index contributed by atoms with van der Waals surface area (Å²) in [6.07, 6.45) is 0. The Hall–Kier alpha value is 0.940. The summed E-state index contributed by atoms with van der Waals surface area (Å²) in [7, 11) is -1.08. The van der Waals surface area contributed by atoms with Gasteiger partial charge in [-0.3, -0.25) is 16.3 Å². The fraction of sp³-hybridized carbons (Fsp3) is 0. The van der Waals surface area contributed by atoms with Gasteiger partial charge in [-0.15, -0.1) is 0 Å². The summed E-state index contributed by atoms with van der Waals surface area (Å²) in [6, 6.07) is 0. The number of rotatable bonds is 0. The first-order valence-electron chi connectivity index (χ1n) is 0.698. The van der Waals surface area contributed by atoms with Gasteiger partial charge in [0.15, 0.2) is 0 Å². The Balaban J connectivity index is -0.0000000105. The molecule has 0 aliphatic heterocycles. The van der Waals surface area contributed by atoms with Crippen LogP contribution in [0.2, 0.25) is 0 Å². The zero-order valence-corrected chi connectivity index (χ0v) is 6.81. The molecule has 7 heteroatoms. The van der Waals surface area contributed by atoms with Gasteiger partial charge in [-0.2, -0.15) is 0 Å². The van der Waals surface area contributed by atoms with Gasteiger partial charge in [-0.1, -0.05) is 0 Å². The molecule has 40 valence electrons. The summed E-state index contributed by atoms with van der Waals surface area (Å²) in [6.45, 7) is 0. The third-order valence-corrected chi connectivity index (χ3v) is 0. The maximum Gasteiger partial charge on any atom is 1.00 e. The molecule has 0 atom stereocenters.